The van der Waals surface area contributed by atoms with Crippen molar-refractivity contribution >= 4 is 28.4 Å². The van der Waals surface area contributed by atoms with Gasteiger partial charge in [0.1, 0.15) is 5.82 Å². The Kier molecular flexibility index (Phi) is 3.41. The van der Waals surface area contributed by atoms with Crippen molar-refractivity contribution < 1.29 is 13.9 Å². The van der Waals surface area contributed by atoms with E-state index in [-0.39, 0.29) is 23.1 Å². The Labute approximate surface area is 125 Å². The third-order valence-corrected chi connectivity index (χ3v) is 5.45. The second-order valence-electron chi connectivity index (χ2n) is 5.64. The van der Waals surface area contributed by atoms with Gasteiger partial charge in [0.15, 0.2) is 5.78 Å². The lowest BCUT2D eigenvalue weighted by Crippen LogP contribution is -2.35. The van der Waals surface area contributed by atoms with Crippen molar-refractivity contribution in [2.45, 2.75) is 38.2 Å². The molecule has 1 aromatic rings. The van der Waals surface area contributed by atoms with Crippen molar-refractivity contribution in [1.29, 1.82) is 0 Å². The minimum absolute atomic E-state index is 0.213. The van der Waals surface area contributed by atoms with E-state index in [4.69, 9.17) is 4.74 Å². The number of hydrogen-bond donors (Lipinski definition) is 0. The highest BCUT2D eigenvalue weighted by molar-refractivity contribution is 14.1. The summed E-state index contributed by atoms with van der Waals surface area (Å²) in [5, 5.41) is 0. The third-order valence-electron chi connectivity index (χ3n) is 4.62. The summed E-state index contributed by atoms with van der Waals surface area (Å²) in [6, 6.07) is 3.26. The van der Waals surface area contributed by atoms with E-state index in [0.717, 1.165) is 36.8 Å². The van der Waals surface area contributed by atoms with Crippen LogP contribution in [0.3, 0.4) is 0 Å². The predicted octanol–water partition coefficient (Wildman–Crippen LogP) is 3.74. The Balaban J connectivity index is 1.91. The Morgan fingerprint density at radius 2 is 2.05 bits per heavy atom. The summed E-state index contributed by atoms with van der Waals surface area (Å²) in [4.78, 5) is 12.7. The summed E-state index contributed by atoms with van der Waals surface area (Å²) in [5.74, 6) is 0.00439. The molecular weight excluding hydrogens is 358 g/mol. The van der Waals surface area contributed by atoms with Gasteiger partial charge in [-0.1, -0.05) is 0 Å². The highest BCUT2D eigenvalue weighted by Gasteiger charge is 2.47. The maximum Gasteiger partial charge on any atom is 0.169 e. The maximum atomic E-state index is 13.6. The zero-order valence-electron chi connectivity index (χ0n) is 10.8. The maximum absolute atomic E-state index is 13.6. The van der Waals surface area contributed by atoms with Gasteiger partial charge in [0, 0.05) is 21.7 Å². The summed E-state index contributed by atoms with van der Waals surface area (Å²) in [6.45, 7) is 0. The first-order valence-corrected chi connectivity index (χ1v) is 7.69. The number of carbonyl (C=O) groups is 1. The SMILES string of the molecule is COC1CCC2(CC1)Cc1cc(F)c(I)cc1C2=O. The molecule has 0 aromatic heterocycles. The number of halogens is 2. The molecule has 4 heteroatoms. The number of hydrogen-bond acceptors (Lipinski definition) is 2. The van der Waals surface area contributed by atoms with Gasteiger partial charge in [0.05, 0.1) is 6.10 Å². The van der Waals surface area contributed by atoms with Crippen LogP contribution in [0.2, 0.25) is 0 Å². The van der Waals surface area contributed by atoms with Crippen LogP contribution < -0.4 is 0 Å². The fourth-order valence-electron chi connectivity index (χ4n) is 3.46. The minimum Gasteiger partial charge on any atom is -0.381 e. The minimum atomic E-state index is -0.283. The molecule has 0 saturated heterocycles. The molecule has 0 N–H and O–H groups in total. The molecule has 0 atom stereocenters. The molecule has 2 nitrogen and oxygen atoms in total. The van der Waals surface area contributed by atoms with Crippen LogP contribution in [0.1, 0.15) is 41.6 Å². The largest absolute Gasteiger partial charge is 0.381 e. The quantitative estimate of drug-likeness (QED) is 0.700. The van der Waals surface area contributed by atoms with Crippen LogP contribution in [0.25, 0.3) is 0 Å². The molecule has 19 heavy (non-hydrogen) atoms. The first-order chi connectivity index (χ1) is 9.05. The van der Waals surface area contributed by atoms with E-state index in [0.29, 0.717) is 9.99 Å². The average molecular weight is 374 g/mol. The molecule has 1 fully saturated rings. The van der Waals surface area contributed by atoms with Gasteiger partial charge < -0.3 is 4.74 Å². The van der Waals surface area contributed by atoms with Crippen molar-refractivity contribution in [3.05, 3.63) is 32.6 Å². The molecule has 0 amide bonds. The molecule has 0 heterocycles. The van der Waals surface area contributed by atoms with Crippen molar-refractivity contribution in [3.8, 4) is 0 Å². The van der Waals surface area contributed by atoms with Gasteiger partial charge in [-0.15, -0.1) is 0 Å². The Morgan fingerprint density at radius 1 is 1.37 bits per heavy atom. The molecule has 2 aliphatic rings. The van der Waals surface area contributed by atoms with Gasteiger partial charge in [-0.2, -0.15) is 0 Å². The molecule has 1 aromatic carbocycles. The molecule has 0 bridgehead atoms. The average Bonchev–Trinajstić information content (AvgIpc) is 2.65. The molecule has 102 valence electrons. The van der Waals surface area contributed by atoms with Gasteiger partial charge >= 0.3 is 0 Å². The number of ketones is 1. The van der Waals surface area contributed by atoms with Crippen LogP contribution in [0.4, 0.5) is 4.39 Å². The van der Waals surface area contributed by atoms with Gasteiger partial charge in [-0.25, -0.2) is 4.39 Å². The topological polar surface area (TPSA) is 26.3 Å². The second-order valence-corrected chi connectivity index (χ2v) is 6.81. The van der Waals surface area contributed by atoms with E-state index in [1.807, 2.05) is 22.6 Å². The van der Waals surface area contributed by atoms with Crippen LogP contribution in [0.15, 0.2) is 12.1 Å². The van der Waals surface area contributed by atoms with Crippen molar-refractivity contribution in [2.24, 2.45) is 5.41 Å². The number of ether oxygens (including phenoxy) is 1. The predicted molar refractivity (Wildman–Crippen MR) is 78.8 cm³/mol. The molecule has 3 rings (SSSR count). The monoisotopic (exact) mass is 374 g/mol. The van der Waals surface area contributed by atoms with Gasteiger partial charge in [0.2, 0.25) is 0 Å². The first kappa shape index (κ1) is 13.5. The second kappa shape index (κ2) is 4.81. The number of benzene rings is 1. The fourth-order valence-corrected chi connectivity index (χ4v) is 3.93. The van der Waals surface area contributed by atoms with E-state index in [1.165, 1.54) is 0 Å². The summed E-state index contributed by atoms with van der Waals surface area (Å²) in [6.07, 6.45) is 4.55. The molecule has 0 radical (unpaired) electrons. The van der Waals surface area contributed by atoms with Gasteiger partial charge in [-0.05, 0) is 72.4 Å². The lowest BCUT2D eigenvalue weighted by Gasteiger charge is -2.35. The lowest BCUT2D eigenvalue weighted by atomic mass is 9.70. The molecular formula is C15H16FIO2. The highest BCUT2D eigenvalue weighted by Crippen LogP contribution is 2.48. The number of rotatable bonds is 1. The highest BCUT2D eigenvalue weighted by atomic mass is 127. The summed E-state index contributed by atoms with van der Waals surface area (Å²) >= 11 is 1.95. The Morgan fingerprint density at radius 3 is 2.68 bits per heavy atom. The summed E-state index contributed by atoms with van der Waals surface area (Å²) < 4.78 is 19.5. The standard InChI is InChI=1S/C15H16FIO2/c1-19-10-2-4-15(5-3-10)8-9-6-12(16)13(17)7-11(9)14(15)18/h6-7,10H,2-5,8H2,1H3. The van der Waals surface area contributed by atoms with E-state index >= 15 is 0 Å². The summed E-state index contributed by atoms with van der Waals surface area (Å²) in [5.41, 5.74) is 1.34. The number of methoxy groups -OCH3 is 1. The number of carbonyl (C=O) groups excluding carboxylic acids is 1. The third kappa shape index (κ3) is 2.13. The smallest absolute Gasteiger partial charge is 0.169 e. The van der Waals surface area contributed by atoms with E-state index in [9.17, 15) is 9.18 Å². The fraction of sp³-hybridized carbons (Fsp3) is 0.533. The molecule has 1 saturated carbocycles. The van der Waals surface area contributed by atoms with E-state index in [1.54, 1.807) is 19.2 Å². The van der Waals surface area contributed by atoms with Gasteiger partial charge in [-0.3, -0.25) is 4.79 Å². The normalized spacial score (nSPS) is 29.8. The Bertz CT molecular complexity index is 533. The van der Waals surface area contributed by atoms with Crippen LogP contribution in [-0.4, -0.2) is 19.0 Å². The number of Topliss-reactive ketones (excluding diaryl/α,β-unsaturated/α-hetero) is 1. The van der Waals surface area contributed by atoms with E-state index in [2.05, 4.69) is 0 Å². The molecule has 1 spiro atoms. The van der Waals surface area contributed by atoms with Crippen molar-refractivity contribution in [2.75, 3.05) is 7.11 Å². The van der Waals surface area contributed by atoms with Crippen LogP contribution in [0, 0.1) is 14.8 Å². The zero-order chi connectivity index (χ0) is 13.6. The van der Waals surface area contributed by atoms with Crippen molar-refractivity contribution in [3.63, 3.8) is 0 Å². The molecule has 2 aliphatic carbocycles. The number of fused-ring (bicyclic) bond motifs is 1. The van der Waals surface area contributed by atoms with Crippen LogP contribution >= 0.6 is 22.6 Å². The molecule has 0 unspecified atom stereocenters. The van der Waals surface area contributed by atoms with Crippen LogP contribution in [0.5, 0.6) is 0 Å². The van der Waals surface area contributed by atoms with Crippen molar-refractivity contribution in [1.82, 2.24) is 0 Å². The molecule has 0 aliphatic heterocycles. The van der Waals surface area contributed by atoms with Gasteiger partial charge in [0.25, 0.3) is 0 Å². The van der Waals surface area contributed by atoms with Crippen LogP contribution in [-0.2, 0) is 11.2 Å². The lowest BCUT2D eigenvalue weighted by molar-refractivity contribution is 0.0285. The first-order valence-electron chi connectivity index (χ1n) is 6.61. The Hall–Kier alpha value is -0.490. The summed E-state index contributed by atoms with van der Waals surface area (Å²) in [7, 11) is 1.73. The van der Waals surface area contributed by atoms with E-state index < -0.39 is 0 Å². The zero-order valence-corrected chi connectivity index (χ0v) is 13.0.